The molecule has 4 nitrogen and oxygen atoms in total. The maximum Gasteiger partial charge on any atom is 0.416 e. The van der Waals surface area contributed by atoms with E-state index in [1.807, 2.05) is 0 Å². The number of benzene rings is 1. The second-order valence-corrected chi connectivity index (χ2v) is 4.69. The van der Waals surface area contributed by atoms with Crippen molar-refractivity contribution in [2.24, 2.45) is 0 Å². The zero-order valence-electron chi connectivity index (χ0n) is 10.7. The van der Waals surface area contributed by atoms with Crippen LogP contribution in [0.3, 0.4) is 0 Å². The van der Waals surface area contributed by atoms with Crippen molar-refractivity contribution in [2.75, 3.05) is 12.3 Å². The van der Waals surface area contributed by atoms with Crippen LogP contribution in [0.2, 0.25) is 0 Å². The minimum atomic E-state index is -4.55. The van der Waals surface area contributed by atoms with Crippen LogP contribution in [0.5, 0.6) is 0 Å². The number of nitrogens with two attached hydrogens (primary N) is 1. The van der Waals surface area contributed by atoms with Crippen LogP contribution in [0.15, 0.2) is 18.2 Å². The monoisotopic (exact) mass is 301 g/mol. The molecule has 0 unspecified atom stereocenters. The maximum atomic E-state index is 13.9. The third-order valence-corrected chi connectivity index (χ3v) is 3.35. The van der Waals surface area contributed by atoms with Gasteiger partial charge in [0.1, 0.15) is 11.5 Å². The Kier molecular flexibility index (Phi) is 3.12. The first-order chi connectivity index (χ1) is 9.88. The van der Waals surface area contributed by atoms with E-state index in [1.165, 1.54) is 0 Å². The molecule has 21 heavy (non-hydrogen) atoms. The van der Waals surface area contributed by atoms with Crippen molar-refractivity contribution in [3.8, 4) is 5.69 Å². The average Bonchev–Trinajstić information content (AvgIpc) is 2.76. The number of fused-ring (bicyclic) bond motifs is 1. The van der Waals surface area contributed by atoms with Crippen molar-refractivity contribution in [1.82, 2.24) is 9.78 Å². The maximum absolute atomic E-state index is 13.9. The Morgan fingerprint density at radius 2 is 2.05 bits per heavy atom. The zero-order chi connectivity index (χ0) is 15.2. The number of nitrogens with zero attached hydrogens (tertiary/aromatic N) is 2. The molecule has 2 heterocycles. The van der Waals surface area contributed by atoms with Gasteiger partial charge in [-0.05, 0) is 18.2 Å². The SMILES string of the molecule is Nc1nn(-c2cc(C(F)(F)F)ccc2F)c2c1COCC2. The van der Waals surface area contributed by atoms with Crippen LogP contribution in [0.25, 0.3) is 5.69 Å². The van der Waals surface area contributed by atoms with E-state index in [1.54, 1.807) is 0 Å². The number of rotatable bonds is 1. The quantitative estimate of drug-likeness (QED) is 0.824. The molecule has 112 valence electrons. The molecule has 2 aromatic rings. The summed E-state index contributed by atoms with van der Waals surface area (Å²) in [4.78, 5) is 0. The van der Waals surface area contributed by atoms with E-state index in [0.29, 0.717) is 30.4 Å². The molecule has 0 aliphatic carbocycles. The predicted octanol–water partition coefficient (Wildman–Crippen LogP) is 2.69. The van der Waals surface area contributed by atoms with E-state index in [4.69, 9.17) is 10.5 Å². The fourth-order valence-electron chi connectivity index (χ4n) is 2.31. The molecule has 0 amide bonds. The van der Waals surface area contributed by atoms with Gasteiger partial charge in [-0.15, -0.1) is 5.10 Å². The lowest BCUT2D eigenvalue weighted by atomic mass is 10.1. The first-order valence-electron chi connectivity index (χ1n) is 6.19. The second-order valence-electron chi connectivity index (χ2n) is 4.69. The summed E-state index contributed by atoms with van der Waals surface area (Å²) in [7, 11) is 0. The van der Waals surface area contributed by atoms with Gasteiger partial charge in [-0.25, -0.2) is 9.07 Å². The minimum Gasteiger partial charge on any atom is -0.382 e. The van der Waals surface area contributed by atoms with Gasteiger partial charge in [0.05, 0.1) is 24.5 Å². The minimum absolute atomic E-state index is 0.140. The third kappa shape index (κ3) is 2.35. The molecular weight excluding hydrogens is 290 g/mol. The Labute approximate surface area is 117 Å². The van der Waals surface area contributed by atoms with E-state index in [-0.39, 0.29) is 18.1 Å². The molecule has 8 heteroatoms. The van der Waals surface area contributed by atoms with E-state index in [0.717, 1.165) is 16.8 Å². The first-order valence-corrected chi connectivity index (χ1v) is 6.19. The summed E-state index contributed by atoms with van der Waals surface area (Å²) in [5.41, 5.74) is 5.69. The largest absolute Gasteiger partial charge is 0.416 e. The van der Waals surface area contributed by atoms with Gasteiger partial charge in [0.25, 0.3) is 0 Å². The van der Waals surface area contributed by atoms with Crippen molar-refractivity contribution in [3.05, 3.63) is 40.8 Å². The third-order valence-electron chi connectivity index (χ3n) is 3.35. The molecule has 1 aliphatic rings. The molecule has 0 bridgehead atoms. The van der Waals surface area contributed by atoms with Crippen LogP contribution in [-0.4, -0.2) is 16.4 Å². The lowest BCUT2D eigenvalue weighted by molar-refractivity contribution is -0.137. The highest BCUT2D eigenvalue weighted by atomic mass is 19.4. The molecular formula is C13H11F4N3O. The average molecular weight is 301 g/mol. The van der Waals surface area contributed by atoms with Gasteiger partial charge in [0, 0.05) is 12.0 Å². The smallest absolute Gasteiger partial charge is 0.382 e. The Morgan fingerprint density at radius 1 is 1.29 bits per heavy atom. The van der Waals surface area contributed by atoms with Gasteiger partial charge in [0.15, 0.2) is 5.82 Å². The molecule has 0 saturated heterocycles. The summed E-state index contributed by atoms with van der Waals surface area (Å²) >= 11 is 0. The van der Waals surface area contributed by atoms with E-state index in [2.05, 4.69) is 5.10 Å². The number of aromatic nitrogens is 2. The first kappa shape index (κ1) is 13.9. The van der Waals surface area contributed by atoms with Crippen molar-refractivity contribution in [2.45, 2.75) is 19.2 Å². The van der Waals surface area contributed by atoms with Gasteiger partial charge in [-0.2, -0.15) is 13.2 Å². The van der Waals surface area contributed by atoms with Gasteiger partial charge in [-0.1, -0.05) is 0 Å². The van der Waals surface area contributed by atoms with E-state index >= 15 is 0 Å². The van der Waals surface area contributed by atoms with Crippen molar-refractivity contribution in [1.29, 1.82) is 0 Å². The number of ether oxygens (including phenoxy) is 1. The van der Waals surface area contributed by atoms with Gasteiger partial charge in [0.2, 0.25) is 0 Å². The Hall–Kier alpha value is -2.09. The molecule has 1 aromatic heterocycles. The number of nitrogen functional groups attached to an aromatic ring is 1. The topological polar surface area (TPSA) is 53.1 Å². The van der Waals surface area contributed by atoms with Crippen LogP contribution >= 0.6 is 0 Å². The zero-order valence-corrected chi connectivity index (χ0v) is 10.7. The van der Waals surface area contributed by atoms with Gasteiger partial charge < -0.3 is 10.5 Å². The highest BCUT2D eigenvalue weighted by molar-refractivity contribution is 5.49. The van der Waals surface area contributed by atoms with E-state index < -0.39 is 17.6 Å². The highest BCUT2D eigenvalue weighted by Crippen LogP contribution is 2.33. The lowest BCUT2D eigenvalue weighted by Gasteiger charge is -2.16. The summed E-state index contributed by atoms with van der Waals surface area (Å²) < 4.78 is 58.6. The molecule has 0 spiro atoms. The van der Waals surface area contributed by atoms with Crippen LogP contribution in [0.4, 0.5) is 23.4 Å². The lowest BCUT2D eigenvalue weighted by Crippen LogP contribution is -2.14. The van der Waals surface area contributed by atoms with Crippen molar-refractivity contribution < 1.29 is 22.3 Å². The standard InChI is InChI=1S/C13H11F4N3O/c14-9-2-1-7(13(15,16)17)5-11(9)20-10-3-4-21-6-8(10)12(18)19-20/h1-2,5H,3-4,6H2,(H2,18,19). The molecule has 0 saturated carbocycles. The fourth-order valence-corrected chi connectivity index (χ4v) is 2.31. The van der Waals surface area contributed by atoms with Crippen molar-refractivity contribution in [3.63, 3.8) is 0 Å². The predicted molar refractivity (Wildman–Crippen MR) is 66.3 cm³/mol. The normalized spacial score (nSPS) is 15.0. The summed E-state index contributed by atoms with van der Waals surface area (Å²) in [5.74, 6) is -0.652. The Bertz CT molecular complexity index is 693. The number of hydrogen-bond donors (Lipinski definition) is 1. The Morgan fingerprint density at radius 3 is 2.76 bits per heavy atom. The molecule has 3 rings (SSSR count). The van der Waals surface area contributed by atoms with E-state index in [9.17, 15) is 17.6 Å². The number of alkyl halides is 3. The number of hydrogen-bond acceptors (Lipinski definition) is 3. The molecule has 1 aromatic carbocycles. The number of anilines is 1. The van der Waals surface area contributed by atoms with Gasteiger partial charge in [-0.3, -0.25) is 0 Å². The molecule has 2 N–H and O–H groups in total. The summed E-state index contributed by atoms with van der Waals surface area (Å²) in [5, 5.41) is 3.95. The second kappa shape index (κ2) is 4.73. The molecule has 0 radical (unpaired) electrons. The molecule has 1 aliphatic heterocycles. The van der Waals surface area contributed by atoms with Crippen LogP contribution in [-0.2, 0) is 23.9 Å². The summed E-state index contributed by atoms with van der Waals surface area (Å²) in [6, 6.07) is 2.21. The fraction of sp³-hybridized carbons (Fsp3) is 0.308. The molecule has 0 atom stereocenters. The van der Waals surface area contributed by atoms with Crippen LogP contribution in [0.1, 0.15) is 16.8 Å². The van der Waals surface area contributed by atoms with Crippen LogP contribution < -0.4 is 5.73 Å². The van der Waals surface area contributed by atoms with Gasteiger partial charge >= 0.3 is 6.18 Å². The molecule has 0 fully saturated rings. The Balaban J connectivity index is 2.17. The van der Waals surface area contributed by atoms with Crippen LogP contribution in [0, 0.1) is 5.82 Å². The summed E-state index contributed by atoms with van der Waals surface area (Å²) in [6.45, 7) is 0.612. The van der Waals surface area contributed by atoms with Crippen molar-refractivity contribution >= 4 is 5.82 Å². The summed E-state index contributed by atoms with van der Waals surface area (Å²) in [6.07, 6.45) is -4.14. The highest BCUT2D eigenvalue weighted by Gasteiger charge is 2.32. The number of halogens is 4.